The zero-order chi connectivity index (χ0) is 16.3. The number of hydrogen-bond acceptors (Lipinski definition) is 7. The van der Waals surface area contributed by atoms with Gasteiger partial charge in [0.15, 0.2) is 0 Å². The molecule has 0 aliphatic heterocycles. The minimum Gasteiger partial charge on any atom is -0.481 e. The Morgan fingerprint density at radius 2 is 1.14 bits per heavy atom. The Balaban J connectivity index is -0.0000000359. The van der Waals surface area contributed by atoms with E-state index in [1.54, 1.807) is 0 Å². The number of aliphatic hydroxyl groups is 1. The first-order valence-corrected chi connectivity index (χ1v) is 5.21. The van der Waals surface area contributed by atoms with Gasteiger partial charge in [-0.15, -0.1) is 0 Å². The van der Waals surface area contributed by atoms with Gasteiger partial charge in [-0.1, -0.05) is 0 Å². The molecule has 0 aliphatic rings. The smallest absolute Gasteiger partial charge is 0.300 e. The SMILES string of the molecule is CC(=O)O.CC(=O)O.CC(=O)O.N.NCCNCCO.[Ni]. The molecule has 0 aromatic heterocycles. The van der Waals surface area contributed by atoms with Gasteiger partial charge in [-0.2, -0.15) is 0 Å². The number of carboxylic acids is 3. The molecule has 134 valence electrons. The largest absolute Gasteiger partial charge is 0.481 e. The third kappa shape index (κ3) is 698. The molecule has 0 saturated heterocycles. The van der Waals surface area contributed by atoms with Crippen LogP contribution in [0.2, 0.25) is 0 Å². The second-order valence-electron chi connectivity index (χ2n) is 2.82. The molecule has 0 rings (SSSR count). The van der Waals surface area contributed by atoms with Gasteiger partial charge in [0.1, 0.15) is 0 Å². The van der Waals surface area contributed by atoms with Crippen LogP contribution >= 0.6 is 0 Å². The van der Waals surface area contributed by atoms with Crippen molar-refractivity contribution in [3.8, 4) is 0 Å². The summed E-state index contributed by atoms with van der Waals surface area (Å²) >= 11 is 0. The topological polar surface area (TPSA) is 205 Å². The normalized spacial score (nSPS) is 6.71. The van der Waals surface area contributed by atoms with Crippen molar-refractivity contribution in [3.05, 3.63) is 0 Å². The van der Waals surface area contributed by atoms with E-state index < -0.39 is 17.9 Å². The summed E-state index contributed by atoms with van der Waals surface area (Å²) in [5.41, 5.74) is 5.13. The van der Waals surface area contributed by atoms with E-state index in [9.17, 15) is 0 Å². The minimum absolute atomic E-state index is 0. The van der Waals surface area contributed by atoms with Crippen LogP contribution in [0, 0.1) is 0 Å². The number of nitrogens with two attached hydrogens (primary N) is 1. The maximum Gasteiger partial charge on any atom is 0.300 e. The Bertz CT molecular complexity index is 186. The second-order valence-corrected chi connectivity index (χ2v) is 2.82. The van der Waals surface area contributed by atoms with Gasteiger partial charge in [-0.25, -0.2) is 0 Å². The third-order valence-corrected chi connectivity index (χ3v) is 0.610. The number of aliphatic carboxylic acids is 3. The van der Waals surface area contributed by atoms with Gasteiger partial charge >= 0.3 is 0 Å². The van der Waals surface area contributed by atoms with E-state index in [4.69, 9.17) is 40.5 Å². The van der Waals surface area contributed by atoms with Crippen LogP contribution in [0.4, 0.5) is 0 Å². The Labute approximate surface area is 134 Å². The number of hydrogen-bond donors (Lipinski definition) is 7. The molecular formula is C10H27N3NiO7. The summed E-state index contributed by atoms with van der Waals surface area (Å²) in [5, 5.41) is 33.3. The van der Waals surface area contributed by atoms with Crippen LogP contribution < -0.4 is 17.2 Å². The Kier molecular flexibility index (Phi) is 63.5. The van der Waals surface area contributed by atoms with Crippen molar-refractivity contribution in [1.29, 1.82) is 0 Å². The first kappa shape index (κ1) is 36.7. The third-order valence-electron chi connectivity index (χ3n) is 0.610. The van der Waals surface area contributed by atoms with Crippen molar-refractivity contribution in [2.75, 3.05) is 26.2 Å². The van der Waals surface area contributed by atoms with Crippen LogP contribution in [0.5, 0.6) is 0 Å². The van der Waals surface area contributed by atoms with Gasteiger partial charge in [-0.05, 0) is 0 Å². The fraction of sp³-hybridized carbons (Fsp3) is 0.700. The summed E-state index contributed by atoms with van der Waals surface area (Å²) in [6, 6.07) is 0. The van der Waals surface area contributed by atoms with Gasteiger partial charge in [0, 0.05) is 56.9 Å². The van der Waals surface area contributed by atoms with E-state index in [2.05, 4.69) is 5.32 Å². The number of aliphatic hydroxyl groups excluding tert-OH is 1. The van der Waals surface area contributed by atoms with Crippen molar-refractivity contribution < 1.29 is 51.3 Å². The van der Waals surface area contributed by atoms with Crippen LogP contribution in [0.25, 0.3) is 0 Å². The average Bonchev–Trinajstić information content (AvgIpc) is 2.15. The predicted molar refractivity (Wildman–Crippen MR) is 74.0 cm³/mol. The molecule has 0 fully saturated rings. The molecule has 0 atom stereocenters. The standard InChI is InChI=1S/C4H12N2O.3C2H4O2.H3N.Ni/c5-1-2-6-3-4-7;3*1-2(3)4;;/h6-7H,1-5H2;3*1H3,(H,3,4);1H3;. The van der Waals surface area contributed by atoms with Gasteiger partial charge in [0.25, 0.3) is 17.9 Å². The van der Waals surface area contributed by atoms with E-state index in [-0.39, 0.29) is 29.2 Å². The minimum atomic E-state index is -0.833. The Morgan fingerprint density at radius 3 is 1.29 bits per heavy atom. The molecule has 21 heavy (non-hydrogen) atoms. The molecule has 10 N–H and O–H groups in total. The Morgan fingerprint density at radius 1 is 0.905 bits per heavy atom. The molecule has 0 spiro atoms. The van der Waals surface area contributed by atoms with Crippen LogP contribution in [-0.2, 0) is 30.9 Å². The molecule has 10 nitrogen and oxygen atoms in total. The summed E-state index contributed by atoms with van der Waals surface area (Å²) in [6.45, 7) is 5.53. The molecule has 0 aromatic rings. The number of carbonyl (C=O) groups is 3. The van der Waals surface area contributed by atoms with E-state index in [0.29, 0.717) is 13.1 Å². The van der Waals surface area contributed by atoms with Crippen molar-refractivity contribution in [1.82, 2.24) is 11.5 Å². The van der Waals surface area contributed by atoms with Gasteiger partial charge in [0.05, 0.1) is 6.61 Å². The summed E-state index contributed by atoms with van der Waals surface area (Å²) in [7, 11) is 0. The molecule has 0 aliphatic carbocycles. The fourth-order valence-corrected chi connectivity index (χ4v) is 0.306. The van der Waals surface area contributed by atoms with Gasteiger partial charge in [-0.3, -0.25) is 14.4 Å². The summed E-state index contributed by atoms with van der Waals surface area (Å²) < 4.78 is 0. The first-order chi connectivity index (χ1) is 8.61. The van der Waals surface area contributed by atoms with Crippen LogP contribution in [0.3, 0.4) is 0 Å². The van der Waals surface area contributed by atoms with Gasteiger partial charge in [0.2, 0.25) is 0 Å². The van der Waals surface area contributed by atoms with Gasteiger partial charge < -0.3 is 37.6 Å². The first-order valence-electron chi connectivity index (χ1n) is 5.21. The van der Waals surface area contributed by atoms with Crippen molar-refractivity contribution in [2.45, 2.75) is 20.8 Å². The summed E-state index contributed by atoms with van der Waals surface area (Å²) in [5.74, 6) is -2.50. The van der Waals surface area contributed by atoms with E-state index in [1.165, 1.54) is 0 Å². The molecule has 0 heterocycles. The molecular weight excluding hydrogens is 333 g/mol. The predicted octanol–water partition coefficient (Wildman–Crippen LogP) is -1.04. The molecule has 0 amide bonds. The molecule has 0 radical (unpaired) electrons. The zero-order valence-electron chi connectivity index (χ0n) is 12.4. The number of nitrogens with one attached hydrogen (secondary N) is 1. The summed E-state index contributed by atoms with van der Waals surface area (Å²) in [4.78, 5) is 27.0. The van der Waals surface area contributed by atoms with Crippen LogP contribution in [-0.4, -0.2) is 64.6 Å². The molecule has 11 heteroatoms. The van der Waals surface area contributed by atoms with E-state index >= 15 is 0 Å². The maximum absolute atomic E-state index is 9.00. The van der Waals surface area contributed by atoms with Crippen molar-refractivity contribution in [3.63, 3.8) is 0 Å². The van der Waals surface area contributed by atoms with Crippen LogP contribution in [0.1, 0.15) is 20.8 Å². The Hall–Kier alpha value is -1.26. The molecule has 0 unspecified atom stereocenters. The van der Waals surface area contributed by atoms with Crippen molar-refractivity contribution in [2.24, 2.45) is 5.73 Å². The van der Waals surface area contributed by atoms with Crippen molar-refractivity contribution >= 4 is 17.9 Å². The fourth-order valence-electron chi connectivity index (χ4n) is 0.306. The molecule has 0 aromatic carbocycles. The maximum atomic E-state index is 9.00. The van der Waals surface area contributed by atoms with Crippen LogP contribution in [0.15, 0.2) is 0 Å². The number of rotatable bonds is 4. The zero-order valence-corrected chi connectivity index (χ0v) is 13.4. The quantitative estimate of drug-likeness (QED) is 0.239. The molecule has 0 saturated carbocycles. The summed E-state index contributed by atoms with van der Waals surface area (Å²) in [6.07, 6.45) is 0. The van der Waals surface area contributed by atoms with E-state index in [1.807, 2.05) is 0 Å². The molecule has 0 bridgehead atoms. The number of carboxylic acid groups (broad SMARTS) is 3. The van der Waals surface area contributed by atoms with E-state index in [0.717, 1.165) is 27.3 Å². The average molecular weight is 360 g/mol. The second kappa shape index (κ2) is 36.3. The monoisotopic (exact) mass is 359 g/mol.